The van der Waals surface area contributed by atoms with Crippen LogP contribution in [0, 0.1) is 0 Å². The Morgan fingerprint density at radius 2 is 1.71 bits per heavy atom. The van der Waals surface area contributed by atoms with Gasteiger partial charge in [0.1, 0.15) is 11.5 Å². The van der Waals surface area contributed by atoms with E-state index < -0.39 is 6.10 Å². The lowest BCUT2D eigenvalue weighted by Crippen LogP contribution is -2.30. The number of hydrogen-bond donors (Lipinski definition) is 1. The Kier molecular flexibility index (Phi) is 5.22. The van der Waals surface area contributed by atoms with Crippen molar-refractivity contribution in [2.75, 3.05) is 12.4 Å². The van der Waals surface area contributed by atoms with Gasteiger partial charge in [0.15, 0.2) is 6.10 Å². The number of anilines is 1. The Labute approximate surface area is 132 Å². The summed E-state index contributed by atoms with van der Waals surface area (Å²) in [5.41, 5.74) is 0.618. The van der Waals surface area contributed by atoms with Crippen LogP contribution in [0.15, 0.2) is 53.0 Å². The van der Waals surface area contributed by atoms with E-state index in [1.165, 1.54) is 0 Å². The van der Waals surface area contributed by atoms with Crippen LogP contribution in [-0.2, 0) is 4.79 Å². The third kappa shape index (κ3) is 3.98. The highest BCUT2D eigenvalue weighted by molar-refractivity contribution is 9.10. The molecule has 2 aromatic carbocycles. The molecule has 1 unspecified atom stereocenters. The molecule has 5 heteroatoms. The average molecular weight is 350 g/mol. The van der Waals surface area contributed by atoms with Crippen molar-refractivity contribution in [1.29, 1.82) is 0 Å². The highest BCUT2D eigenvalue weighted by Gasteiger charge is 2.17. The van der Waals surface area contributed by atoms with Crippen molar-refractivity contribution in [1.82, 2.24) is 0 Å². The summed E-state index contributed by atoms with van der Waals surface area (Å²) in [6.07, 6.45) is -0.631. The molecule has 0 radical (unpaired) electrons. The number of carbonyl (C=O) groups excluding carboxylic acids is 1. The van der Waals surface area contributed by atoms with Crippen LogP contribution in [0.3, 0.4) is 0 Å². The number of amides is 1. The van der Waals surface area contributed by atoms with E-state index in [-0.39, 0.29) is 5.91 Å². The number of rotatable bonds is 5. The van der Waals surface area contributed by atoms with Crippen LogP contribution in [0.4, 0.5) is 5.69 Å². The summed E-state index contributed by atoms with van der Waals surface area (Å²) < 4.78 is 11.7. The predicted octanol–water partition coefficient (Wildman–Crippen LogP) is 3.86. The van der Waals surface area contributed by atoms with Crippen molar-refractivity contribution in [3.8, 4) is 11.5 Å². The van der Waals surface area contributed by atoms with Gasteiger partial charge in [0.2, 0.25) is 0 Å². The molecule has 0 saturated heterocycles. The maximum absolute atomic E-state index is 12.2. The van der Waals surface area contributed by atoms with Crippen molar-refractivity contribution < 1.29 is 14.3 Å². The van der Waals surface area contributed by atoms with E-state index in [1.54, 1.807) is 32.2 Å². The van der Waals surface area contributed by atoms with E-state index in [4.69, 9.17) is 9.47 Å². The minimum Gasteiger partial charge on any atom is -0.495 e. The minimum absolute atomic E-state index is 0.241. The van der Waals surface area contributed by atoms with Crippen LogP contribution in [0.25, 0.3) is 0 Å². The quantitative estimate of drug-likeness (QED) is 0.891. The highest BCUT2D eigenvalue weighted by Crippen LogP contribution is 2.26. The third-order valence-corrected chi connectivity index (χ3v) is 3.53. The predicted molar refractivity (Wildman–Crippen MR) is 85.9 cm³/mol. The molecular formula is C16H16BrNO3. The van der Waals surface area contributed by atoms with E-state index in [0.717, 1.165) is 4.47 Å². The van der Waals surface area contributed by atoms with Gasteiger partial charge in [-0.1, -0.05) is 24.3 Å². The van der Waals surface area contributed by atoms with Gasteiger partial charge in [-0.2, -0.15) is 0 Å². The second-order valence-electron chi connectivity index (χ2n) is 4.38. The van der Waals surface area contributed by atoms with Gasteiger partial charge in [-0.05, 0) is 47.1 Å². The molecule has 4 nitrogen and oxygen atoms in total. The monoisotopic (exact) mass is 349 g/mol. The first kappa shape index (κ1) is 15.4. The summed E-state index contributed by atoms with van der Waals surface area (Å²) in [7, 11) is 1.56. The zero-order valence-electron chi connectivity index (χ0n) is 11.8. The SMILES string of the molecule is COc1ccccc1NC(=O)C(C)Oc1ccccc1Br. The van der Waals surface area contributed by atoms with Gasteiger partial charge in [0.25, 0.3) is 5.91 Å². The lowest BCUT2D eigenvalue weighted by Gasteiger charge is -2.16. The van der Waals surface area contributed by atoms with E-state index in [9.17, 15) is 4.79 Å². The number of benzene rings is 2. The van der Waals surface area contributed by atoms with Gasteiger partial charge in [0, 0.05) is 0 Å². The zero-order valence-corrected chi connectivity index (χ0v) is 13.4. The fourth-order valence-electron chi connectivity index (χ4n) is 1.77. The molecule has 0 bridgehead atoms. The lowest BCUT2D eigenvalue weighted by atomic mass is 10.2. The highest BCUT2D eigenvalue weighted by atomic mass is 79.9. The van der Waals surface area contributed by atoms with Crippen molar-refractivity contribution in [3.63, 3.8) is 0 Å². The number of hydrogen-bond acceptors (Lipinski definition) is 3. The molecule has 2 aromatic rings. The minimum atomic E-state index is -0.631. The molecule has 0 heterocycles. The standard InChI is InChI=1S/C16H16BrNO3/c1-11(21-14-9-5-3-7-12(14)17)16(19)18-13-8-4-6-10-15(13)20-2/h3-11H,1-2H3,(H,18,19). The van der Waals surface area contributed by atoms with Crippen LogP contribution in [0.2, 0.25) is 0 Å². The summed E-state index contributed by atoms with van der Waals surface area (Å²) >= 11 is 3.39. The van der Waals surface area contributed by atoms with Crippen LogP contribution in [0.1, 0.15) is 6.92 Å². The molecule has 0 aromatic heterocycles. The van der Waals surface area contributed by atoms with Gasteiger partial charge < -0.3 is 14.8 Å². The van der Waals surface area contributed by atoms with E-state index >= 15 is 0 Å². The Morgan fingerprint density at radius 3 is 2.38 bits per heavy atom. The molecule has 0 saturated carbocycles. The Balaban J connectivity index is 2.05. The van der Waals surface area contributed by atoms with E-state index in [0.29, 0.717) is 17.2 Å². The molecular weight excluding hydrogens is 334 g/mol. The number of carbonyl (C=O) groups is 1. The summed E-state index contributed by atoms with van der Waals surface area (Å²) in [6, 6.07) is 14.6. The molecule has 21 heavy (non-hydrogen) atoms. The van der Waals surface area contributed by atoms with Gasteiger partial charge in [-0.3, -0.25) is 4.79 Å². The summed E-state index contributed by atoms with van der Waals surface area (Å²) in [6.45, 7) is 1.70. The molecule has 1 N–H and O–H groups in total. The van der Waals surface area contributed by atoms with Crippen LogP contribution in [0.5, 0.6) is 11.5 Å². The normalized spacial score (nSPS) is 11.6. The van der Waals surface area contributed by atoms with Crippen LogP contribution < -0.4 is 14.8 Å². The maximum Gasteiger partial charge on any atom is 0.265 e. The van der Waals surface area contributed by atoms with Gasteiger partial charge in [-0.25, -0.2) is 0 Å². The Bertz CT molecular complexity index is 630. The molecule has 0 fully saturated rings. The van der Waals surface area contributed by atoms with Crippen LogP contribution >= 0.6 is 15.9 Å². The molecule has 0 aliphatic rings. The van der Waals surface area contributed by atoms with Gasteiger partial charge in [-0.15, -0.1) is 0 Å². The first-order valence-corrected chi connectivity index (χ1v) is 7.26. The fraction of sp³-hybridized carbons (Fsp3) is 0.188. The molecule has 0 spiro atoms. The molecule has 110 valence electrons. The van der Waals surface area contributed by atoms with Crippen molar-refractivity contribution >= 4 is 27.5 Å². The average Bonchev–Trinajstić information content (AvgIpc) is 2.50. The number of para-hydroxylation sites is 3. The van der Waals surface area contributed by atoms with Gasteiger partial charge >= 0.3 is 0 Å². The first-order chi connectivity index (χ1) is 10.1. The Morgan fingerprint density at radius 1 is 1.10 bits per heavy atom. The first-order valence-electron chi connectivity index (χ1n) is 6.47. The fourth-order valence-corrected chi connectivity index (χ4v) is 2.14. The Hall–Kier alpha value is -2.01. The maximum atomic E-state index is 12.2. The smallest absolute Gasteiger partial charge is 0.265 e. The topological polar surface area (TPSA) is 47.6 Å². The van der Waals surface area contributed by atoms with Crippen molar-refractivity contribution in [2.45, 2.75) is 13.0 Å². The zero-order chi connectivity index (χ0) is 15.2. The van der Waals surface area contributed by atoms with Gasteiger partial charge in [0.05, 0.1) is 17.3 Å². The van der Waals surface area contributed by atoms with Crippen molar-refractivity contribution in [2.24, 2.45) is 0 Å². The van der Waals surface area contributed by atoms with Crippen LogP contribution in [-0.4, -0.2) is 19.1 Å². The molecule has 1 atom stereocenters. The summed E-state index contributed by atoms with van der Waals surface area (Å²) in [5, 5.41) is 2.80. The second kappa shape index (κ2) is 7.13. The second-order valence-corrected chi connectivity index (χ2v) is 5.23. The molecule has 0 aliphatic carbocycles. The largest absolute Gasteiger partial charge is 0.495 e. The lowest BCUT2D eigenvalue weighted by molar-refractivity contribution is -0.122. The van der Waals surface area contributed by atoms with Crippen molar-refractivity contribution in [3.05, 3.63) is 53.0 Å². The molecule has 0 aliphatic heterocycles. The third-order valence-electron chi connectivity index (χ3n) is 2.87. The number of nitrogens with one attached hydrogen (secondary N) is 1. The number of methoxy groups -OCH3 is 1. The molecule has 1 amide bonds. The molecule has 2 rings (SSSR count). The number of halogens is 1. The number of ether oxygens (including phenoxy) is 2. The summed E-state index contributed by atoms with van der Waals surface area (Å²) in [5.74, 6) is 0.995. The summed E-state index contributed by atoms with van der Waals surface area (Å²) in [4.78, 5) is 12.2. The van der Waals surface area contributed by atoms with E-state index in [2.05, 4.69) is 21.2 Å². The van der Waals surface area contributed by atoms with E-state index in [1.807, 2.05) is 30.3 Å².